The Labute approximate surface area is 189 Å². The molecular weight excluding hydrogens is 430 g/mol. The summed E-state index contributed by atoms with van der Waals surface area (Å²) in [6.07, 6.45) is 3.00. The third-order valence-electron chi connectivity index (χ3n) is 5.51. The van der Waals surface area contributed by atoms with Crippen LogP contribution in [0.25, 0.3) is 33.5 Å². The first kappa shape index (κ1) is 21.5. The lowest BCUT2D eigenvalue weighted by molar-refractivity contribution is -0.139. The van der Waals surface area contributed by atoms with Crippen LogP contribution >= 0.6 is 12.4 Å². The van der Waals surface area contributed by atoms with Crippen molar-refractivity contribution in [1.82, 2.24) is 20.3 Å². The number of halogens is 1. The molecule has 2 heterocycles. The van der Waals surface area contributed by atoms with Gasteiger partial charge in [-0.05, 0) is 28.3 Å². The van der Waals surface area contributed by atoms with Gasteiger partial charge >= 0.3 is 5.97 Å². The molecule has 5 rings (SSSR count). The quantitative estimate of drug-likeness (QED) is 0.370. The molecular formula is C23H20ClN5O3. The molecule has 0 aliphatic heterocycles. The minimum atomic E-state index is -1.13. The molecule has 0 radical (unpaired) electrons. The van der Waals surface area contributed by atoms with E-state index in [-0.39, 0.29) is 12.4 Å². The molecule has 0 spiro atoms. The fourth-order valence-electron chi connectivity index (χ4n) is 4.12. The third-order valence-corrected chi connectivity index (χ3v) is 5.51. The summed E-state index contributed by atoms with van der Waals surface area (Å²) in [5.74, 6) is -0.906. The highest BCUT2D eigenvalue weighted by atomic mass is 35.5. The van der Waals surface area contributed by atoms with Crippen LogP contribution in [0, 0.1) is 0 Å². The van der Waals surface area contributed by atoms with Crippen LogP contribution < -0.4 is 11.1 Å². The number of aliphatic carboxylic acids is 1. The zero-order valence-electron chi connectivity index (χ0n) is 16.8. The summed E-state index contributed by atoms with van der Waals surface area (Å²) in [5, 5.41) is 11.9. The Kier molecular flexibility index (Phi) is 5.65. The van der Waals surface area contributed by atoms with Gasteiger partial charge in [0.2, 0.25) is 5.91 Å². The van der Waals surface area contributed by atoms with Crippen LogP contribution in [0.2, 0.25) is 0 Å². The molecule has 32 heavy (non-hydrogen) atoms. The SMILES string of the molecule is Cl.N[C@H](CC(=O)O)C(=O)NC1c2ccccc2-c2c(-c3nc4ccncc4[nH]3)cccc21. The average molecular weight is 450 g/mol. The smallest absolute Gasteiger partial charge is 0.305 e. The van der Waals surface area contributed by atoms with Crippen molar-refractivity contribution in [2.75, 3.05) is 0 Å². The summed E-state index contributed by atoms with van der Waals surface area (Å²) in [6, 6.07) is 14.0. The van der Waals surface area contributed by atoms with E-state index in [0.717, 1.165) is 38.9 Å². The molecule has 0 fully saturated rings. The van der Waals surface area contributed by atoms with Crippen LogP contribution in [-0.2, 0) is 9.59 Å². The molecule has 5 N–H and O–H groups in total. The predicted octanol–water partition coefficient (Wildman–Crippen LogP) is 3.03. The zero-order chi connectivity index (χ0) is 21.5. The zero-order valence-corrected chi connectivity index (χ0v) is 17.6. The molecule has 1 amide bonds. The first-order valence-electron chi connectivity index (χ1n) is 9.83. The van der Waals surface area contributed by atoms with E-state index in [1.54, 1.807) is 12.4 Å². The van der Waals surface area contributed by atoms with Crippen LogP contribution in [0.3, 0.4) is 0 Å². The first-order valence-corrected chi connectivity index (χ1v) is 9.83. The highest BCUT2D eigenvalue weighted by molar-refractivity contribution is 5.93. The molecule has 0 saturated carbocycles. The summed E-state index contributed by atoms with van der Waals surface area (Å²) in [6.45, 7) is 0. The predicted molar refractivity (Wildman–Crippen MR) is 122 cm³/mol. The first-order chi connectivity index (χ1) is 15.0. The number of nitrogens with one attached hydrogen (secondary N) is 2. The molecule has 2 aromatic heterocycles. The molecule has 0 bridgehead atoms. The van der Waals surface area contributed by atoms with E-state index < -0.39 is 30.4 Å². The van der Waals surface area contributed by atoms with E-state index in [2.05, 4.69) is 15.3 Å². The Bertz CT molecular complexity index is 1300. The molecule has 1 unspecified atom stereocenters. The fourth-order valence-corrected chi connectivity index (χ4v) is 4.12. The van der Waals surface area contributed by atoms with Gasteiger partial charge in [-0.15, -0.1) is 12.4 Å². The van der Waals surface area contributed by atoms with Crippen molar-refractivity contribution in [2.24, 2.45) is 5.73 Å². The van der Waals surface area contributed by atoms with E-state index in [1.807, 2.05) is 48.5 Å². The van der Waals surface area contributed by atoms with E-state index in [9.17, 15) is 9.59 Å². The number of imidazole rings is 1. The number of carbonyl (C=O) groups is 2. The average Bonchev–Trinajstić information content (AvgIpc) is 3.33. The maximum Gasteiger partial charge on any atom is 0.305 e. The number of rotatable bonds is 5. The van der Waals surface area contributed by atoms with E-state index in [0.29, 0.717) is 5.82 Å². The summed E-state index contributed by atoms with van der Waals surface area (Å²) < 4.78 is 0. The Hall–Kier alpha value is -3.75. The molecule has 9 heteroatoms. The maximum atomic E-state index is 12.6. The monoisotopic (exact) mass is 449 g/mol. The number of hydrogen-bond acceptors (Lipinski definition) is 5. The number of hydrogen-bond donors (Lipinski definition) is 4. The molecule has 2 atom stereocenters. The van der Waals surface area contributed by atoms with Crippen molar-refractivity contribution >= 4 is 35.3 Å². The Balaban J connectivity index is 0.00000245. The number of pyridine rings is 1. The van der Waals surface area contributed by atoms with Gasteiger partial charge in [0.15, 0.2) is 0 Å². The number of fused-ring (bicyclic) bond motifs is 4. The summed E-state index contributed by atoms with van der Waals surface area (Å²) >= 11 is 0. The molecule has 162 valence electrons. The van der Waals surface area contributed by atoms with Crippen LogP contribution in [-0.4, -0.2) is 38.0 Å². The number of aromatic nitrogens is 3. The second-order valence-corrected chi connectivity index (χ2v) is 7.48. The number of carbonyl (C=O) groups excluding carboxylic acids is 1. The number of H-pyrrole nitrogens is 1. The van der Waals surface area contributed by atoms with Gasteiger partial charge < -0.3 is 21.1 Å². The normalized spacial score (nSPS) is 14.8. The number of nitrogens with two attached hydrogens (primary N) is 1. The lowest BCUT2D eigenvalue weighted by Gasteiger charge is -2.18. The topological polar surface area (TPSA) is 134 Å². The largest absolute Gasteiger partial charge is 0.481 e. The van der Waals surface area contributed by atoms with Gasteiger partial charge in [-0.25, -0.2) is 4.98 Å². The Morgan fingerprint density at radius 1 is 1.09 bits per heavy atom. The third kappa shape index (κ3) is 3.59. The molecule has 2 aromatic carbocycles. The second kappa shape index (κ2) is 8.41. The highest BCUT2D eigenvalue weighted by Crippen LogP contribution is 2.47. The molecule has 0 saturated heterocycles. The van der Waals surface area contributed by atoms with Crippen molar-refractivity contribution in [1.29, 1.82) is 0 Å². The molecule has 1 aliphatic carbocycles. The molecule has 4 aromatic rings. The minimum Gasteiger partial charge on any atom is -0.481 e. The van der Waals surface area contributed by atoms with E-state index >= 15 is 0 Å². The van der Waals surface area contributed by atoms with Gasteiger partial charge in [0, 0.05) is 11.8 Å². The maximum absolute atomic E-state index is 12.6. The van der Waals surface area contributed by atoms with Crippen LogP contribution in [0.1, 0.15) is 23.6 Å². The fraction of sp³-hybridized carbons (Fsp3) is 0.130. The summed E-state index contributed by atoms with van der Waals surface area (Å²) in [5.41, 5.74) is 12.2. The van der Waals surface area contributed by atoms with Crippen LogP contribution in [0.15, 0.2) is 60.9 Å². The number of carboxylic acid groups (broad SMARTS) is 1. The number of carboxylic acids is 1. The highest BCUT2D eigenvalue weighted by Gasteiger charge is 2.33. The van der Waals surface area contributed by atoms with Crippen molar-refractivity contribution in [3.8, 4) is 22.5 Å². The van der Waals surface area contributed by atoms with Crippen LogP contribution in [0.5, 0.6) is 0 Å². The van der Waals surface area contributed by atoms with Gasteiger partial charge in [0.1, 0.15) is 5.82 Å². The second-order valence-electron chi connectivity index (χ2n) is 7.48. The Morgan fingerprint density at radius 3 is 2.62 bits per heavy atom. The van der Waals surface area contributed by atoms with Gasteiger partial charge in [0.05, 0.1) is 35.7 Å². The summed E-state index contributed by atoms with van der Waals surface area (Å²) in [4.78, 5) is 35.7. The number of aromatic amines is 1. The summed E-state index contributed by atoms with van der Waals surface area (Å²) in [7, 11) is 0. The standard InChI is InChI=1S/C23H19N5O3.ClH/c24-16(10-19(29)30)23(31)28-21-13-5-2-1-4-12(13)20-14(21)6-3-7-15(20)22-26-17-8-9-25-11-18(17)27-22;/h1-9,11,16,21H,10,24H2,(H,26,27)(H,28,31)(H,29,30);1H/t16-,21?;/m1./s1. The lowest BCUT2D eigenvalue weighted by atomic mass is 9.98. The lowest BCUT2D eigenvalue weighted by Crippen LogP contribution is -2.43. The van der Waals surface area contributed by atoms with Crippen molar-refractivity contribution < 1.29 is 14.7 Å². The number of nitrogens with zero attached hydrogens (tertiary/aromatic N) is 2. The molecule has 1 aliphatic rings. The van der Waals surface area contributed by atoms with Crippen molar-refractivity contribution in [2.45, 2.75) is 18.5 Å². The van der Waals surface area contributed by atoms with Gasteiger partial charge in [0.25, 0.3) is 0 Å². The number of amides is 1. The molecule has 8 nitrogen and oxygen atoms in total. The van der Waals surface area contributed by atoms with Gasteiger partial charge in [-0.3, -0.25) is 14.6 Å². The van der Waals surface area contributed by atoms with E-state index in [1.165, 1.54) is 0 Å². The van der Waals surface area contributed by atoms with Crippen molar-refractivity contribution in [3.63, 3.8) is 0 Å². The van der Waals surface area contributed by atoms with Crippen molar-refractivity contribution in [3.05, 3.63) is 72.1 Å². The van der Waals surface area contributed by atoms with Crippen LogP contribution in [0.4, 0.5) is 0 Å². The number of benzene rings is 2. The van der Waals surface area contributed by atoms with Gasteiger partial charge in [-0.1, -0.05) is 42.5 Å². The van der Waals surface area contributed by atoms with E-state index in [4.69, 9.17) is 15.8 Å². The minimum absolute atomic E-state index is 0. The Morgan fingerprint density at radius 2 is 1.84 bits per heavy atom. The van der Waals surface area contributed by atoms with Gasteiger partial charge in [-0.2, -0.15) is 0 Å².